The van der Waals surface area contributed by atoms with Crippen molar-refractivity contribution in [2.45, 2.75) is 13.5 Å². The third kappa shape index (κ3) is 1.23. The fourth-order valence-electron chi connectivity index (χ4n) is 1.66. The van der Waals surface area contributed by atoms with Gasteiger partial charge < -0.3 is 4.57 Å². The first-order chi connectivity index (χ1) is 6.76. The van der Waals surface area contributed by atoms with Crippen LogP contribution in [0, 0.1) is 5.82 Å². The molecule has 2 heteroatoms. The average Bonchev–Trinajstić information content (AvgIpc) is 2.58. The fourth-order valence-corrected chi connectivity index (χ4v) is 1.66. The first-order valence-electron chi connectivity index (χ1n) is 4.67. The summed E-state index contributed by atoms with van der Waals surface area (Å²) in [5.74, 6) is -0.207. The van der Waals surface area contributed by atoms with E-state index < -0.39 is 0 Å². The molecule has 2 rings (SSSR count). The standard InChI is InChI=1S/C12H12FN/c1-3-9-7-10-5-6-14(4-2)12(10)8-11(9)13/h3,5-8H,1,4H2,2H3. The molecule has 0 spiro atoms. The van der Waals surface area contributed by atoms with Crippen LogP contribution in [0.3, 0.4) is 0 Å². The van der Waals surface area contributed by atoms with Crippen molar-refractivity contribution in [2.24, 2.45) is 0 Å². The average molecular weight is 189 g/mol. The summed E-state index contributed by atoms with van der Waals surface area (Å²) in [6.07, 6.45) is 3.51. The first kappa shape index (κ1) is 9.00. The van der Waals surface area contributed by atoms with E-state index in [0.29, 0.717) is 5.56 Å². The summed E-state index contributed by atoms with van der Waals surface area (Å²) >= 11 is 0. The van der Waals surface area contributed by atoms with Gasteiger partial charge >= 0.3 is 0 Å². The Kier molecular flexibility index (Phi) is 2.12. The summed E-state index contributed by atoms with van der Waals surface area (Å²) in [4.78, 5) is 0. The van der Waals surface area contributed by atoms with Gasteiger partial charge in [0.25, 0.3) is 0 Å². The maximum Gasteiger partial charge on any atom is 0.132 e. The second-order valence-electron chi connectivity index (χ2n) is 3.24. The van der Waals surface area contributed by atoms with Crippen LogP contribution in [-0.2, 0) is 6.54 Å². The van der Waals surface area contributed by atoms with E-state index in [1.807, 2.05) is 29.8 Å². The smallest absolute Gasteiger partial charge is 0.132 e. The van der Waals surface area contributed by atoms with Crippen molar-refractivity contribution in [3.05, 3.63) is 42.4 Å². The highest BCUT2D eigenvalue weighted by atomic mass is 19.1. The van der Waals surface area contributed by atoms with Crippen molar-refractivity contribution in [3.8, 4) is 0 Å². The van der Waals surface area contributed by atoms with E-state index in [0.717, 1.165) is 17.4 Å². The third-order valence-corrected chi connectivity index (χ3v) is 2.45. The molecule has 0 saturated heterocycles. The van der Waals surface area contributed by atoms with Gasteiger partial charge in [-0.05, 0) is 25.1 Å². The van der Waals surface area contributed by atoms with E-state index in [2.05, 4.69) is 6.58 Å². The Morgan fingerprint density at radius 1 is 1.50 bits per heavy atom. The van der Waals surface area contributed by atoms with Gasteiger partial charge in [-0.1, -0.05) is 12.7 Å². The van der Waals surface area contributed by atoms with E-state index in [4.69, 9.17) is 0 Å². The third-order valence-electron chi connectivity index (χ3n) is 2.45. The minimum atomic E-state index is -0.207. The van der Waals surface area contributed by atoms with Crippen LogP contribution < -0.4 is 0 Å². The Bertz CT molecular complexity index is 482. The molecule has 0 bridgehead atoms. The van der Waals surface area contributed by atoms with Crippen molar-refractivity contribution in [2.75, 3.05) is 0 Å². The molecule has 14 heavy (non-hydrogen) atoms. The molecule has 2 aromatic rings. The zero-order valence-electron chi connectivity index (χ0n) is 8.13. The molecule has 1 aromatic heterocycles. The molecule has 0 aliphatic rings. The van der Waals surface area contributed by atoms with Gasteiger partial charge in [-0.25, -0.2) is 4.39 Å². The van der Waals surface area contributed by atoms with E-state index in [9.17, 15) is 4.39 Å². The summed E-state index contributed by atoms with van der Waals surface area (Å²) in [5.41, 5.74) is 1.50. The number of aryl methyl sites for hydroxylation is 1. The van der Waals surface area contributed by atoms with Crippen molar-refractivity contribution in [1.82, 2.24) is 4.57 Å². The molecule has 1 heterocycles. The summed E-state index contributed by atoms with van der Waals surface area (Å²) in [6, 6.07) is 5.38. The monoisotopic (exact) mass is 189 g/mol. The molecule has 0 N–H and O–H groups in total. The molecule has 0 radical (unpaired) electrons. The zero-order chi connectivity index (χ0) is 10.1. The Balaban J connectivity index is 2.75. The second-order valence-corrected chi connectivity index (χ2v) is 3.24. The van der Waals surface area contributed by atoms with Crippen molar-refractivity contribution in [3.63, 3.8) is 0 Å². The Labute approximate surface area is 82.5 Å². The highest BCUT2D eigenvalue weighted by Crippen LogP contribution is 2.21. The van der Waals surface area contributed by atoms with Crippen LogP contribution >= 0.6 is 0 Å². The van der Waals surface area contributed by atoms with Gasteiger partial charge in [0.15, 0.2) is 0 Å². The molecule has 72 valence electrons. The zero-order valence-corrected chi connectivity index (χ0v) is 8.13. The quantitative estimate of drug-likeness (QED) is 0.682. The highest BCUT2D eigenvalue weighted by molar-refractivity contribution is 5.82. The van der Waals surface area contributed by atoms with Gasteiger partial charge in [-0.15, -0.1) is 0 Å². The molecule has 1 aromatic carbocycles. The van der Waals surface area contributed by atoms with E-state index in [1.54, 1.807) is 6.07 Å². The predicted octanol–water partition coefficient (Wildman–Crippen LogP) is 3.44. The summed E-state index contributed by atoms with van der Waals surface area (Å²) in [6.45, 7) is 6.48. The molecular weight excluding hydrogens is 177 g/mol. The number of benzene rings is 1. The van der Waals surface area contributed by atoms with Crippen LogP contribution in [0.1, 0.15) is 12.5 Å². The van der Waals surface area contributed by atoms with Gasteiger partial charge in [-0.2, -0.15) is 0 Å². The van der Waals surface area contributed by atoms with Gasteiger partial charge in [-0.3, -0.25) is 0 Å². The molecule has 0 unspecified atom stereocenters. The van der Waals surface area contributed by atoms with Gasteiger partial charge in [0.1, 0.15) is 5.82 Å². The number of rotatable bonds is 2. The van der Waals surface area contributed by atoms with Gasteiger partial charge in [0.05, 0.1) is 5.52 Å². The fraction of sp³-hybridized carbons (Fsp3) is 0.167. The van der Waals surface area contributed by atoms with Crippen LogP contribution in [0.15, 0.2) is 31.0 Å². The van der Waals surface area contributed by atoms with Crippen molar-refractivity contribution in [1.29, 1.82) is 0 Å². The lowest BCUT2D eigenvalue weighted by Crippen LogP contribution is -1.91. The number of fused-ring (bicyclic) bond motifs is 1. The van der Waals surface area contributed by atoms with Crippen LogP contribution in [0.4, 0.5) is 4.39 Å². The van der Waals surface area contributed by atoms with E-state index in [-0.39, 0.29) is 5.82 Å². The Morgan fingerprint density at radius 2 is 2.29 bits per heavy atom. The minimum Gasteiger partial charge on any atom is -0.348 e. The molecule has 0 saturated carbocycles. The Morgan fingerprint density at radius 3 is 2.93 bits per heavy atom. The van der Waals surface area contributed by atoms with Gasteiger partial charge in [0, 0.05) is 23.7 Å². The Hall–Kier alpha value is -1.57. The molecule has 0 fully saturated rings. The molecule has 0 amide bonds. The van der Waals surface area contributed by atoms with Crippen LogP contribution in [0.2, 0.25) is 0 Å². The number of aromatic nitrogens is 1. The number of hydrogen-bond acceptors (Lipinski definition) is 0. The number of hydrogen-bond donors (Lipinski definition) is 0. The largest absolute Gasteiger partial charge is 0.348 e. The predicted molar refractivity (Wildman–Crippen MR) is 57.7 cm³/mol. The SMILES string of the molecule is C=Cc1cc2ccn(CC)c2cc1F. The second kappa shape index (κ2) is 3.29. The van der Waals surface area contributed by atoms with Crippen LogP contribution in [0.5, 0.6) is 0 Å². The van der Waals surface area contributed by atoms with Crippen LogP contribution in [-0.4, -0.2) is 4.57 Å². The normalized spacial score (nSPS) is 10.7. The van der Waals surface area contributed by atoms with E-state index >= 15 is 0 Å². The number of nitrogens with zero attached hydrogens (tertiary/aromatic N) is 1. The van der Waals surface area contributed by atoms with E-state index in [1.165, 1.54) is 6.08 Å². The highest BCUT2D eigenvalue weighted by Gasteiger charge is 2.04. The molecule has 0 aliphatic carbocycles. The van der Waals surface area contributed by atoms with Crippen molar-refractivity contribution < 1.29 is 4.39 Å². The lowest BCUT2D eigenvalue weighted by atomic mass is 10.1. The van der Waals surface area contributed by atoms with Gasteiger partial charge in [0.2, 0.25) is 0 Å². The summed E-state index contributed by atoms with van der Waals surface area (Å²) in [7, 11) is 0. The summed E-state index contributed by atoms with van der Waals surface area (Å²) < 4.78 is 15.4. The lowest BCUT2D eigenvalue weighted by molar-refractivity contribution is 0.625. The minimum absolute atomic E-state index is 0.207. The maximum absolute atomic E-state index is 13.4. The molecular formula is C12H12FN. The first-order valence-corrected chi connectivity index (χ1v) is 4.67. The summed E-state index contributed by atoms with van der Waals surface area (Å²) in [5, 5.41) is 1.06. The maximum atomic E-state index is 13.4. The molecule has 0 atom stereocenters. The molecule has 1 nitrogen and oxygen atoms in total. The molecule has 0 aliphatic heterocycles. The lowest BCUT2D eigenvalue weighted by Gasteiger charge is -2.02. The topological polar surface area (TPSA) is 4.93 Å². The van der Waals surface area contributed by atoms with Crippen molar-refractivity contribution >= 4 is 17.0 Å². The van der Waals surface area contributed by atoms with Crippen LogP contribution in [0.25, 0.3) is 17.0 Å². The number of halogens is 1.